The summed E-state index contributed by atoms with van der Waals surface area (Å²) < 4.78 is 0. The van der Waals surface area contributed by atoms with Crippen LogP contribution in [0.15, 0.2) is 0 Å². The Hall–Kier alpha value is -0.570. The Balaban J connectivity index is 2.41. The predicted octanol–water partition coefficient (Wildman–Crippen LogP) is 1.27. The molecule has 1 amide bonds. The highest BCUT2D eigenvalue weighted by Gasteiger charge is 2.30. The molecule has 0 aliphatic heterocycles. The van der Waals surface area contributed by atoms with Crippen molar-refractivity contribution < 1.29 is 4.79 Å². The van der Waals surface area contributed by atoms with Gasteiger partial charge in [-0.1, -0.05) is 20.3 Å². The molecule has 0 aromatic heterocycles. The molecule has 3 N–H and O–H groups in total. The van der Waals surface area contributed by atoms with Gasteiger partial charge >= 0.3 is 0 Å². The van der Waals surface area contributed by atoms with Gasteiger partial charge in [0.25, 0.3) is 0 Å². The topological polar surface area (TPSA) is 55.1 Å². The summed E-state index contributed by atoms with van der Waals surface area (Å²) in [5, 5.41) is 3.03. The average Bonchev–Trinajstić information content (AvgIpc) is 2.51. The Kier molecular flexibility index (Phi) is 3.93. The number of nitrogens with two attached hydrogens (primary N) is 1. The van der Waals surface area contributed by atoms with Crippen LogP contribution >= 0.6 is 0 Å². The maximum atomic E-state index is 11.8. The lowest BCUT2D eigenvalue weighted by atomic mass is 10.0. The van der Waals surface area contributed by atoms with Gasteiger partial charge in [0.1, 0.15) is 0 Å². The molecule has 0 radical (unpaired) electrons. The zero-order valence-electron chi connectivity index (χ0n) is 9.42. The van der Waals surface area contributed by atoms with Crippen LogP contribution in [0.1, 0.15) is 40.0 Å². The third-order valence-electron chi connectivity index (χ3n) is 3.28. The smallest absolute Gasteiger partial charge is 0.224 e. The van der Waals surface area contributed by atoms with Crippen LogP contribution in [-0.4, -0.2) is 18.0 Å². The van der Waals surface area contributed by atoms with E-state index in [1.165, 1.54) is 0 Å². The molecule has 3 nitrogen and oxygen atoms in total. The van der Waals surface area contributed by atoms with Gasteiger partial charge in [-0.15, -0.1) is 0 Å². The molecule has 0 bridgehead atoms. The highest BCUT2D eigenvalue weighted by Crippen LogP contribution is 2.24. The van der Waals surface area contributed by atoms with Crippen LogP contribution in [-0.2, 0) is 4.79 Å². The standard InChI is InChI=1S/C11H22N2O/c1-7(2)8(3)13-11(14)9-5-4-6-10(9)12/h7-10H,4-6,12H2,1-3H3,(H,13,14). The van der Waals surface area contributed by atoms with Crippen LogP contribution in [0.2, 0.25) is 0 Å². The third-order valence-corrected chi connectivity index (χ3v) is 3.28. The molecule has 1 aliphatic rings. The number of hydrogen-bond donors (Lipinski definition) is 2. The van der Waals surface area contributed by atoms with Crippen LogP contribution in [0.4, 0.5) is 0 Å². The molecule has 0 spiro atoms. The Labute approximate surface area is 86.4 Å². The quantitative estimate of drug-likeness (QED) is 0.717. The van der Waals surface area contributed by atoms with Crippen LogP contribution in [0, 0.1) is 11.8 Å². The van der Waals surface area contributed by atoms with Crippen molar-refractivity contribution in [1.29, 1.82) is 0 Å². The summed E-state index contributed by atoms with van der Waals surface area (Å²) in [7, 11) is 0. The van der Waals surface area contributed by atoms with Gasteiger partial charge in [-0.3, -0.25) is 4.79 Å². The van der Waals surface area contributed by atoms with Gasteiger partial charge in [0.05, 0.1) is 5.92 Å². The van der Waals surface area contributed by atoms with Gasteiger partial charge < -0.3 is 11.1 Å². The molecular formula is C11H22N2O. The minimum Gasteiger partial charge on any atom is -0.353 e. The molecule has 82 valence electrons. The second kappa shape index (κ2) is 4.78. The van der Waals surface area contributed by atoms with E-state index in [0.29, 0.717) is 5.92 Å². The van der Waals surface area contributed by atoms with E-state index >= 15 is 0 Å². The average molecular weight is 198 g/mol. The molecule has 0 heterocycles. The van der Waals surface area contributed by atoms with Crippen molar-refractivity contribution in [2.45, 2.75) is 52.1 Å². The lowest BCUT2D eigenvalue weighted by molar-refractivity contribution is -0.126. The van der Waals surface area contributed by atoms with Crippen molar-refractivity contribution in [2.75, 3.05) is 0 Å². The summed E-state index contributed by atoms with van der Waals surface area (Å²) in [4.78, 5) is 11.8. The summed E-state index contributed by atoms with van der Waals surface area (Å²) in [5.41, 5.74) is 5.87. The first-order valence-corrected chi connectivity index (χ1v) is 5.58. The number of nitrogens with one attached hydrogen (secondary N) is 1. The van der Waals surface area contributed by atoms with Crippen LogP contribution < -0.4 is 11.1 Å². The highest BCUT2D eigenvalue weighted by atomic mass is 16.2. The maximum Gasteiger partial charge on any atom is 0.224 e. The van der Waals surface area contributed by atoms with Crippen molar-refractivity contribution >= 4 is 5.91 Å². The van der Waals surface area contributed by atoms with E-state index in [4.69, 9.17) is 5.73 Å². The molecule has 3 unspecified atom stereocenters. The molecule has 0 aromatic rings. The fourth-order valence-electron chi connectivity index (χ4n) is 1.81. The fourth-order valence-corrected chi connectivity index (χ4v) is 1.81. The minimum absolute atomic E-state index is 0.0520. The molecule has 1 saturated carbocycles. The first kappa shape index (κ1) is 11.5. The summed E-state index contributed by atoms with van der Waals surface area (Å²) in [6.45, 7) is 6.27. The van der Waals surface area contributed by atoms with E-state index in [1.54, 1.807) is 0 Å². The zero-order valence-corrected chi connectivity index (χ0v) is 9.42. The van der Waals surface area contributed by atoms with Crippen molar-refractivity contribution in [2.24, 2.45) is 17.6 Å². The van der Waals surface area contributed by atoms with Crippen molar-refractivity contribution in [1.82, 2.24) is 5.32 Å². The summed E-state index contributed by atoms with van der Waals surface area (Å²) >= 11 is 0. The maximum absolute atomic E-state index is 11.8. The molecule has 3 heteroatoms. The SMILES string of the molecule is CC(C)C(C)NC(=O)C1CCCC1N. The van der Waals surface area contributed by atoms with Crippen LogP contribution in [0.5, 0.6) is 0 Å². The second-order valence-electron chi connectivity index (χ2n) is 4.74. The van der Waals surface area contributed by atoms with Crippen LogP contribution in [0.25, 0.3) is 0 Å². The lowest BCUT2D eigenvalue weighted by Gasteiger charge is -2.21. The molecule has 0 aromatic carbocycles. The molecule has 0 saturated heterocycles. The van der Waals surface area contributed by atoms with E-state index < -0.39 is 0 Å². The molecule has 3 atom stereocenters. The first-order valence-electron chi connectivity index (χ1n) is 5.58. The molecule has 1 rings (SSSR count). The summed E-state index contributed by atoms with van der Waals surface area (Å²) in [6.07, 6.45) is 3.04. The summed E-state index contributed by atoms with van der Waals surface area (Å²) in [5.74, 6) is 0.684. The summed E-state index contributed by atoms with van der Waals surface area (Å²) in [6, 6.07) is 0.324. The zero-order chi connectivity index (χ0) is 10.7. The highest BCUT2D eigenvalue weighted by molar-refractivity contribution is 5.80. The van der Waals surface area contributed by atoms with Crippen molar-refractivity contribution in [3.8, 4) is 0 Å². The minimum atomic E-state index is 0.0520. The molecule has 1 fully saturated rings. The van der Waals surface area contributed by atoms with E-state index in [0.717, 1.165) is 19.3 Å². The number of hydrogen-bond acceptors (Lipinski definition) is 2. The number of carbonyl (C=O) groups is 1. The lowest BCUT2D eigenvalue weighted by Crippen LogP contribution is -2.44. The molecular weight excluding hydrogens is 176 g/mol. The second-order valence-corrected chi connectivity index (χ2v) is 4.74. The fraction of sp³-hybridized carbons (Fsp3) is 0.909. The largest absolute Gasteiger partial charge is 0.353 e. The first-order chi connectivity index (χ1) is 6.52. The molecule has 14 heavy (non-hydrogen) atoms. The monoisotopic (exact) mass is 198 g/mol. The van der Waals surface area contributed by atoms with Crippen molar-refractivity contribution in [3.63, 3.8) is 0 Å². The van der Waals surface area contributed by atoms with Gasteiger partial charge in [-0.2, -0.15) is 0 Å². The normalized spacial score (nSPS) is 29.2. The Morgan fingerprint density at radius 2 is 2.00 bits per heavy atom. The van der Waals surface area contributed by atoms with E-state index in [-0.39, 0.29) is 23.9 Å². The number of carbonyl (C=O) groups excluding carboxylic acids is 1. The number of rotatable bonds is 3. The van der Waals surface area contributed by atoms with Gasteiger partial charge in [0.15, 0.2) is 0 Å². The van der Waals surface area contributed by atoms with Gasteiger partial charge in [-0.25, -0.2) is 0 Å². The van der Waals surface area contributed by atoms with E-state index in [2.05, 4.69) is 19.2 Å². The van der Waals surface area contributed by atoms with E-state index in [1.807, 2.05) is 6.92 Å². The predicted molar refractivity (Wildman–Crippen MR) is 57.8 cm³/mol. The van der Waals surface area contributed by atoms with Gasteiger partial charge in [0.2, 0.25) is 5.91 Å². The van der Waals surface area contributed by atoms with Crippen LogP contribution in [0.3, 0.4) is 0 Å². The number of amides is 1. The Morgan fingerprint density at radius 1 is 1.36 bits per heavy atom. The third kappa shape index (κ3) is 2.71. The Morgan fingerprint density at radius 3 is 2.43 bits per heavy atom. The van der Waals surface area contributed by atoms with Gasteiger partial charge in [0, 0.05) is 12.1 Å². The Bertz CT molecular complexity index is 203. The van der Waals surface area contributed by atoms with E-state index in [9.17, 15) is 4.79 Å². The van der Waals surface area contributed by atoms with Crippen molar-refractivity contribution in [3.05, 3.63) is 0 Å². The molecule has 1 aliphatic carbocycles. The van der Waals surface area contributed by atoms with Gasteiger partial charge in [-0.05, 0) is 25.7 Å².